The number of nitrogens with zero attached hydrogens (tertiary/aromatic N) is 2. The molecule has 3 aliphatic rings. The predicted octanol–water partition coefficient (Wildman–Crippen LogP) is 0.999. The number of ether oxygens (including phenoxy) is 1. The van der Waals surface area contributed by atoms with E-state index < -0.39 is 11.4 Å². The first-order valence-electron chi connectivity index (χ1n) is 9.51. The molecular formula is C18H26N4O3S. The average molecular weight is 378 g/mol. The van der Waals surface area contributed by atoms with Gasteiger partial charge < -0.3 is 20.7 Å². The van der Waals surface area contributed by atoms with Gasteiger partial charge in [-0.15, -0.1) is 11.3 Å². The van der Waals surface area contributed by atoms with Gasteiger partial charge in [-0.25, -0.2) is 4.98 Å². The number of anilines is 1. The monoisotopic (exact) mass is 378 g/mol. The predicted molar refractivity (Wildman–Crippen MR) is 99.2 cm³/mol. The van der Waals surface area contributed by atoms with Gasteiger partial charge in [-0.05, 0) is 25.7 Å². The molecule has 1 aromatic heterocycles. The van der Waals surface area contributed by atoms with Gasteiger partial charge in [0.25, 0.3) is 0 Å². The smallest absolute Gasteiger partial charge is 0.243 e. The molecular weight excluding hydrogens is 352 g/mol. The molecule has 2 fully saturated rings. The summed E-state index contributed by atoms with van der Waals surface area (Å²) >= 11 is 1.75. The van der Waals surface area contributed by atoms with Crippen molar-refractivity contribution in [2.45, 2.75) is 50.5 Å². The first-order valence-corrected chi connectivity index (χ1v) is 10.3. The van der Waals surface area contributed by atoms with E-state index in [-0.39, 0.29) is 11.8 Å². The van der Waals surface area contributed by atoms with E-state index in [0.29, 0.717) is 19.3 Å². The van der Waals surface area contributed by atoms with Gasteiger partial charge in [0.1, 0.15) is 5.54 Å². The number of aryl methyl sites for hydroxylation is 1. The van der Waals surface area contributed by atoms with Gasteiger partial charge >= 0.3 is 0 Å². The Morgan fingerprint density at radius 2 is 2.00 bits per heavy atom. The van der Waals surface area contributed by atoms with Crippen molar-refractivity contribution in [1.82, 2.24) is 10.3 Å². The fourth-order valence-corrected chi connectivity index (χ4v) is 5.38. The van der Waals surface area contributed by atoms with Crippen LogP contribution in [0.5, 0.6) is 0 Å². The highest BCUT2D eigenvalue weighted by Crippen LogP contribution is 2.35. The minimum atomic E-state index is -0.835. The van der Waals surface area contributed by atoms with E-state index in [1.165, 1.54) is 4.88 Å². The maximum absolute atomic E-state index is 12.8. The molecule has 0 spiro atoms. The highest BCUT2D eigenvalue weighted by Gasteiger charge is 2.42. The van der Waals surface area contributed by atoms with Crippen LogP contribution >= 0.6 is 11.3 Å². The van der Waals surface area contributed by atoms with Gasteiger partial charge in [0.15, 0.2) is 5.13 Å². The number of thiazole rings is 1. The van der Waals surface area contributed by atoms with Crippen molar-refractivity contribution < 1.29 is 14.3 Å². The van der Waals surface area contributed by atoms with Crippen LogP contribution in [0.15, 0.2) is 0 Å². The van der Waals surface area contributed by atoms with Crippen LogP contribution in [0.2, 0.25) is 0 Å². The third-order valence-corrected chi connectivity index (χ3v) is 7.09. The number of hydrogen-bond acceptors (Lipinski definition) is 6. The van der Waals surface area contributed by atoms with E-state index in [0.717, 1.165) is 62.8 Å². The van der Waals surface area contributed by atoms with Crippen LogP contribution in [-0.2, 0) is 27.2 Å². The molecule has 3 N–H and O–H groups in total. The zero-order chi connectivity index (χ0) is 18.1. The lowest BCUT2D eigenvalue weighted by Crippen LogP contribution is -2.57. The van der Waals surface area contributed by atoms with E-state index in [1.807, 2.05) is 0 Å². The number of rotatable bonds is 4. The summed E-state index contributed by atoms with van der Waals surface area (Å²) in [4.78, 5) is 33.1. The largest absolute Gasteiger partial charge is 0.378 e. The molecule has 1 atom stereocenters. The average Bonchev–Trinajstić information content (AvgIpc) is 3.29. The second-order valence-corrected chi connectivity index (χ2v) is 8.61. The second-order valence-electron chi connectivity index (χ2n) is 7.55. The number of carbonyl (C=O) groups excluding carboxylic acids is 2. The highest BCUT2D eigenvalue weighted by molar-refractivity contribution is 7.15. The lowest BCUT2D eigenvalue weighted by atomic mass is 9.88. The number of aromatic nitrogens is 1. The van der Waals surface area contributed by atoms with E-state index in [1.54, 1.807) is 11.3 Å². The Labute approximate surface area is 157 Å². The Morgan fingerprint density at radius 3 is 2.69 bits per heavy atom. The molecule has 4 rings (SSSR count). The summed E-state index contributed by atoms with van der Waals surface area (Å²) in [6.45, 7) is 3.23. The van der Waals surface area contributed by atoms with Crippen LogP contribution in [0.3, 0.4) is 0 Å². The Bertz CT molecular complexity index is 693. The SMILES string of the molecule is NC(=O)C1(NC(=O)C2CCc3sc(N4CCOCC4)nc3C2)CCCC1. The van der Waals surface area contributed by atoms with Crippen LogP contribution in [-0.4, -0.2) is 48.6 Å². The van der Waals surface area contributed by atoms with Crippen molar-refractivity contribution in [3.8, 4) is 0 Å². The van der Waals surface area contributed by atoms with Crippen molar-refractivity contribution in [2.24, 2.45) is 11.7 Å². The van der Waals surface area contributed by atoms with Crippen molar-refractivity contribution in [1.29, 1.82) is 0 Å². The number of primary amides is 1. The van der Waals surface area contributed by atoms with Crippen LogP contribution in [0.4, 0.5) is 5.13 Å². The summed E-state index contributed by atoms with van der Waals surface area (Å²) < 4.78 is 5.41. The Balaban J connectivity index is 1.43. The van der Waals surface area contributed by atoms with E-state index in [9.17, 15) is 9.59 Å². The summed E-state index contributed by atoms with van der Waals surface area (Å²) in [6, 6.07) is 0. The number of amides is 2. The number of carbonyl (C=O) groups is 2. The van der Waals surface area contributed by atoms with Crippen molar-refractivity contribution in [3.05, 3.63) is 10.6 Å². The van der Waals surface area contributed by atoms with Crippen molar-refractivity contribution in [2.75, 3.05) is 31.2 Å². The Hall–Kier alpha value is -1.67. The van der Waals surface area contributed by atoms with Gasteiger partial charge in [0.05, 0.1) is 18.9 Å². The highest BCUT2D eigenvalue weighted by atomic mass is 32.1. The molecule has 2 heterocycles. The maximum atomic E-state index is 12.8. The molecule has 26 heavy (non-hydrogen) atoms. The van der Waals surface area contributed by atoms with Gasteiger partial charge in [-0.3, -0.25) is 9.59 Å². The van der Waals surface area contributed by atoms with Crippen molar-refractivity contribution in [3.63, 3.8) is 0 Å². The van der Waals surface area contributed by atoms with E-state index in [4.69, 9.17) is 15.5 Å². The number of morpholine rings is 1. The quantitative estimate of drug-likeness (QED) is 0.815. The van der Waals surface area contributed by atoms with Gasteiger partial charge in [-0.1, -0.05) is 12.8 Å². The van der Waals surface area contributed by atoms with Gasteiger partial charge in [0, 0.05) is 30.3 Å². The fraction of sp³-hybridized carbons (Fsp3) is 0.722. The number of fused-ring (bicyclic) bond motifs is 1. The van der Waals surface area contributed by atoms with Gasteiger partial charge in [0.2, 0.25) is 11.8 Å². The molecule has 1 aliphatic heterocycles. The normalized spacial score (nSPS) is 24.9. The van der Waals surface area contributed by atoms with Crippen LogP contribution in [0, 0.1) is 5.92 Å². The zero-order valence-electron chi connectivity index (χ0n) is 15.0. The number of nitrogens with one attached hydrogen (secondary N) is 1. The third kappa shape index (κ3) is 3.32. The Kier molecular flexibility index (Phi) is 4.88. The fourth-order valence-electron chi connectivity index (χ4n) is 4.23. The minimum absolute atomic E-state index is 0.0442. The lowest BCUT2D eigenvalue weighted by Gasteiger charge is -2.30. The molecule has 2 aliphatic carbocycles. The summed E-state index contributed by atoms with van der Waals surface area (Å²) in [5.41, 5.74) is 5.80. The zero-order valence-corrected chi connectivity index (χ0v) is 15.8. The van der Waals surface area contributed by atoms with Crippen molar-refractivity contribution >= 4 is 28.3 Å². The molecule has 0 radical (unpaired) electrons. The van der Waals surface area contributed by atoms with Crippen LogP contribution in [0.1, 0.15) is 42.7 Å². The summed E-state index contributed by atoms with van der Waals surface area (Å²) in [5.74, 6) is -0.570. The molecule has 1 saturated carbocycles. The molecule has 0 aromatic carbocycles. The summed E-state index contributed by atoms with van der Waals surface area (Å²) in [5, 5.41) is 4.04. The first-order chi connectivity index (χ1) is 12.6. The molecule has 1 saturated heterocycles. The van der Waals surface area contributed by atoms with Crippen LogP contribution < -0.4 is 16.0 Å². The molecule has 1 aromatic rings. The molecule has 1 unspecified atom stereocenters. The Morgan fingerprint density at radius 1 is 1.27 bits per heavy atom. The molecule has 7 nitrogen and oxygen atoms in total. The number of nitrogens with two attached hydrogens (primary N) is 1. The number of hydrogen-bond donors (Lipinski definition) is 2. The van der Waals surface area contributed by atoms with E-state index >= 15 is 0 Å². The standard InChI is InChI=1S/C18H26N4O3S/c19-16(24)18(5-1-2-6-18)21-15(23)12-3-4-14-13(11-12)20-17(26-14)22-7-9-25-10-8-22/h12H,1-11H2,(H2,19,24)(H,21,23). The second kappa shape index (κ2) is 7.15. The lowest BCUT2D eigenvalue weighted by molar-refractivity contribution is -0.133. The molecule has 8 heteroatoms. The topological polar surface area (TPSA) is 97.5 Å². The van der Waals surface area contributed by atoms with E-state index in [2.05, 4.69) is 10.2 Å². The minimum Gasteiger partial charge on any atom is -0.378 e. The third-order valence-electron chi connectivity index (χ3n) is 5.87. The van der Waals surface area contributed by atoms with Gasteiger partial charge in [-0.2, -0.15) is 0 Å². The summed E-state index contributed by atoms with van der Waals surface area (Å²) in [7, 11) is 0. The molecule has 0 bridgehead atoms. The summed E-state index contributed by atoms with van der Waals surface area (Å²) in [6.07, 6.45) is 5.52. The molecule has 142 valence electrons. The van der Waals surface area contributed by atoms with Crippen LogP contribution in [0.25, 0.3) is 0 Å². The first kappa shape index (κ1) is 17.7. The molecule has 2 amide bonds. The maximum Gasteiger partial charge on any atom is 0.243 e.